The summed E-state index contributed by atoms with van der Waals surface area (Å²) in [5, 5.41) is 0. The van der Waals surface area contributed by atoms with E-state index >= 15 is 0 Å². The number of nitrogens with zero attached hydrogens (tertiary/aromatic N) is 1. The van der Waals surface area contributed by atoms with Crippen molar-refractivity contribution < 1.29 is 4.42 Å². The molecule has 0 radical (unpaired) electrons. The third-order valence-corrected chi connectivity index (χ3v) is 8.28. The van der Waals surface area contributed by atoms with Crippen molar-refractivity contribution in [3.63, 3.8) is 0 Å². The zero-order valence-corrected chi connectivity index (χ0v) is 23.3. The van der Waals surface area contributed by atoms with Crippen LogP contribution in [0.1, 0.15) is 47.6 Å². The van der Waals surface area contributed by atoms with Gasteiger partial charge in [0.25, 0.3) is 0 Å². The zero-order chi connectivity index (χ0) is 27.4. The van der Waals surface area contributed by atoms with Gasteiger partial charge in [-0.1, -0.05) is 110 Å². The van der Waals surface area contributed by atoms with Crippen LogP contribution in [0.5, 0.6) is 0 Å². The summed E-state index contributed by atoms with van der Waals surface area (Å²) in [5.41, 5.74) is 15.6. The zero-order valence-electron chi connectivity index (χ0n) is 23.3. The van der Waals surface area contributed by atoms with E-state index < -0.39 is 0 Å². The van der Waals surface area contributed by atoms with E-state index in [9.17, 15) is 0 Å². The molecule has 194 valence electrons. The molecule has 7 rings (SSSR count). The van der Waals surface area contributed by atoms with Crippen molar-refractivity contribution in [3.8, 4) is 33.4 Å². The van der Waals surface area contributed by atoms with Gasteiger partial charge in [-0.15, -0.1) is 0 Å². The first-order valence-corrected chi connectivity index (χ1v) is 13.9. The Morgan fingerprint density at radius 2 is 1.15 bits per heavy atom. The molecule has 0 saturated carbocycles. The molecule has 6 aromatic rings. The highest BCUT2D eigenvalue weighted by molar-refractivity contribution is 5.85. The Kier molecular flexibility index (Phi) is 5.61. The number of aryl methyl sites for hydroxylation is 2. The summed E-state index contributed by atoms with van der Waals surface area (Å²) < 4.78 is 5.97. The lowest BCUT2D eigenvalue weighted by Crippen LogP contribution is -2.15. The number of rotatable bonds is 4. The SMILES string of the molecule is Cc1ccc(/C=C/c2nc3cc(-c4ccc(-c5ccc6c(c5)C(C)(C)c5cc(C)ccc5-6)cc4)ccc3o2)cc1. The van der Waals surface area contributed by atoms with Gasteiger partial charge < -0.3 is 4.42 Å². The molecule has 0 bridgehead atoms. The van der Waals surface area contributed by atoms with Crippen molar-refractivity contribution in [1.29, 1.82) is 0 Å². The molecule has 0 amide bonds. The molecule has 0 aliphatic heterocycles. The first kappa shape index (κ1) is 24.4. The van der Waals surface area contributed by atoms with Crippen LogP contribution in [0.15, 0.2) is 108 Å². The second kappa shape index (κ2) is 9.20. The summed E-state index contributed by atoms with van der Waals surface area (Å²) in [5.74, 6) is 0.611. The lowest BCUT2D eigenvalue weighted by atomic mass is 9.81. The van der Waals surface area contributed by atoms with Gasteiger partial charge in [-0.3, -0.25) is 0 Å². The van der Waals surface area contributed by atoms with E-state index in [-0.39, 0.29) is 5.41 Å². The van der Waals surface area contributed by atoms with E-state index in [1.165, 1.54) is 44.5 Å². The van der Waals surface area contributed by atoms with E-state index in [4.69, 9.17) is 9.40 Å². The van der Waals surface area contributed by atoms with Crippen LogP contribution in [0.4, 0.5) is 0 Å². The van der Waals surface area contributed by atoms with Crippen LogP contribution in [0, 0.1) is 13.8 Å². The van der Waals surface area contributed by atoms with Gasteiger partial charge >= 0.3 is 0 Å². The molecule has 0 unspecified atom stereocenters. The molecule has 0 fully saturated rings. The standard InChI is InChI=1S/C38H31NO/c1-24-5-8-26(9-6-24)10-20-37-39-35-23-30(16-19-36(35)40-37)28-13-11-27(12-14-28)29-15-18-32-31-17-7-25(2)21-33(31)38(3,4)34(32)22-29/h5-23H,1-4H3/b20-10+. The molecule has 1 heterocycles. The van der Waals surface area contributed by atoms with Crippen molar-refractivity contribution in [2.75, 3.05) is 0 Å². The highest BCUT2D eigenvalue weighted by atomic mass is 16.3. The first-order chi connectivity index (χ1) is 19.3. The Balaban J connectivity index is 1.15. The molecule has 0 spiro atoms. The van der Waals surface area contributed by atoms with Gasteiger partial charge in [-0.2, -0.15) is 0 Å². The van der Waals surface area contributed by atoms with E-state index in [0.29, 0.717) is 5.89 Å². The lowest BCUT2D eigenvalue weighted by molar-refractivity contribution is 0.590. The van der Waals surface area contributed by atoms with Gasteiger partial charge in [0, 0.05) is 11.5 Å². The van der Waals surface area contributed by atoms with Crippen LogP contribution < -0.4 is 0 Å². The minimum Gasteiger partial charge on any atom is -0.437 e. The average molecular weight is 518 g/mol. The van der Waals surface area contributed by atoms with Crippen molar-refractivity contribution in [3.05, 3.63) is 137 Å². The first-order valence-electron chi connectivity index (χ1n) is 13.9. The Labute approximate surface area is 235 Å². The molecular weight excluding hydrogens is 486 g/mol. The van der Waals surface area contributed by atoms with Gasteiger partial charge in [0.1, 0.15) is 5.52 Å². The van der Waals surface area contributed by atoms with Crippen LogP contribution in [-0.4, -0.2) is 4.98 Å². The minimum absolute atomic E-state index is 0.00613. The second-order valence-corrected chi connectivity index (χ2v) is 11.5. The topological polar surface area (TPSA) is 26.0 Å². The van der Waals surface area contributed by atoms with E-state index in [1.54, 1.807) is 0 Å². The number of fused-ring (bicyclic) bond motifs is 4. The molecule has 0 N–H and O–H groups in total. The van der Waals surface area contributed by atoms with Crippen LogP contribution in [0.3, 0.4) is 0 Å². The molecule has 2 nitrogen and oxygen atoms in total. The number of hydrogen-bond acceptors (Lipinski definition) is 2. The van der Waals surface area contributed by atoms with E-state index in [0.717, 1.165) is 27.8 Å². The molecule has 40 heavy (non-hydrogen) atoms. The summed E-state index contributed by atoms with van der Waals surface area (Å²) in [6.07, 6.45) is 3.96. The lowest BCUT2D eigenvalue weighted by Gasteiger charge is -2.22. The summed E-state index contributed by atoms with van der Waals surface area (Å²) in [7, 11) is 0. The normalized spacial score (nSPS) is 13.6. The number of aromatic nitrogens is 1. The molecule has 1 aliphatic carbocycles. The maximum Gasteiger partial charge on any atom is 0.220 e. The van der Waals surface area contributed by atoms with Crippen LogP contribution in [-0.2, 0) is 5.41 Å². The Bertz CT molecular complexity index is 1920. The Hall–Kier alpha value is -4.69. The maximum absolute atomic E-state index is 5.97. The van der Waals surface area contributed by atoms with Crippen LogP contribution in [0.25, 0.3) is 56.6 Å². The highest BCUT2D eigenvalue weighted by Crippen LogP contribution is 2.49. The molecule has 2 heteroatoms. The van der Waals surface area contributed by atoms with E-state index in [1.807, 2.05) is 18.2 Å². The molecule has 5 aromatic carbocycles. The second-order valence-electron chi connectivity index (χ2n) is 11.5. The molecule has 0 atom stereocenters. The fourth-order valence-corrected chi connectivity index (χ4v) is 5.93. The summed E-state index contributed by atoms with van der Waals surface area (Å²) in [6.45, 7) is 8.95. The number of benzene rings is 5. The minimum atomic E-state index is -0.00613. The summed E-state index contributed by atoms with van der Waals surface area (Å²) >= 11 is 0. The molecule has 1 aliphatic rings. The fourth-order valence-electron chi connectivity index (χ4n) is 5.93. The quantitative estimate of drug-likeness (QED) is 0.232. The highest BCUT2D eigenvalue weighted by Gasteiger charge is 2.35. The van der Waals surface area contributed by atoms with E-state index in [2.05, 4.69) is 125 Å². The summed E-state index contributed by atoms with van der Waals surface area (Å²) in [4.78, 5) is 4.71. The van der Waals surface area contributed by atoms with Crippen molar-refractivity contribution >= 4 is 23.3 Å². The largest absolute Gasteiger partial charge is 0.437 e. The average Bonchev–Trinajstić information content (AvgIpc) is 3.48. The predicted molar refractivity (Wildman–Crippen MR) is 167 cm³/mol. The van der Waals surface area contributed by atoms with Crippen molar-refractivity contribution in [2.24, 2.45) is 0 Å². The van der Waals surface area contributed by atoms with Gasteiger partial charge in [0.2, 0.25) is 5.89 Å². The van der Waals surface area contributed by atoms with Gasteiger partial charge in [0.15, 0.2) is 5.58 Å². The fraction of sp³-hybridized carbons (Fsp3) is 0.132. The van der Waals surface area contributed by atoms with Crippen molar-refractivity contribution in [2.45, 2.75) is 33.1 Å². The van der Waals surface area contributed by atoms with Crippen molar-refractivity contribution in [1.82, 2.24) is 4.98 Å². The monoisotopic (exact) mass is 517 g/mol. The Morgan fingerprint density at radius 3 is 1.88 bits per heavy atom. The van der Waals surface area contributed by atoms with Gasteiger partial charge in [0.05, 0.1) is 0 Å². The number of oxazole rings is 1. The summed E-state index contributed by atoms with van der Waals surface area (Å²) in [6, 6.07) is 37.2. The predicted octanol–water partition coefficient (Wildman–Crippen LogP) is 10.3. The number of hydrogen-bond donors (Lipinski definition) is 0. The van der Waals surface area contributed by atoms with Gasteiger partial charge in [-0.05, 0) is 88.2 Å². The van der Waals surface area contributed by atoms with Crippen LogP contribution in [0.2, 0.25) is 0 Å². The molecule has 1 aromatic heterocycles. The molecular formula is C38H31NO. The van der Waals surface area contributed by atoms with Gasteiger partial charge in [-0.25, -0.2) is 4.98 Å². The smallest absolute Gasteiger partial charge is 0.220 e. The third kappa shape index (κ3) is 4.17. The molecule has 0 saturated heterocycles. The Morgan fingerprint density at radius 1 is 0.575 bits per heavy atom. The maximum atomic E-state index is 5.97. The third-order valence-electron chi connectivity index (χ3n) is 8.28. The van der Waals surface area contributed by atoms with Crippen LogP contribution >= 0.6 is 0 Å².